The Kier molecular flexibility index (Phi) is 3.91. The van der Waals surface area contributed by atoms with Crippen LogP contribution in [-0.4, -0.2) is 48.1 Å². The first kappa shape index (κ1) is 12.3. The molecule has 17 heavy (non-hydrogen) atoms. The SMILES string of the molecule is CN1CCN(C(=S)Nc2ccc(F)cc2)CC1. The molecule has 5 heteroatoms. The topological polar surface area (TPSA) is 18.5 Å². The van der Waals surface area contributed by atoms with Gasteiger partial charge in [-0.05, 0) is 43.5 Å². The number of rotatable bonds is 1. The van der Waals surface area contributed by atoms with Crippen LogP contribution in [0.1, 0.15) is 0 Å². The average molecular weight is 253 g/mol. The summed E-state index contributed by atoms with van der Waals surface area (Å²) in [5, 5.41) is 3.84. The molecule has 0 bridgehead atoms. The molecule has 1 heterocycles. The lowest BCUT2D eigenvalue weighted by atomic mass is 10.3. The molecule has 1 fully saturated rings. The minimum Gasteiger partial charge on any atom is -0.346 e. The summed E-state index contributed by atoms with van der Waals surface area (Å²) in [6, 6.07) is 6.24. The Morgan fingerprint density at radius 3 is 2.35 bits per heavy atom. The molecule has 0 saturated carbocycles. The number of anilines is 1. The summed E-state index contributed by atoms with van der Waals surface area (Å²) in [5.74, 6) is -0.235. The maximum atomic E-state index is 12.7. The van der Waals surface area contributed by atoms with Gasteiger partial charge in [-0.3, -0.25) is 0 Å². The van der Waals surface area contributed by atoms with Crippen LogP contribution in [0.25, 0.3) is 0 Å². The van der Waals surface area contributed by atoms with Crippen LogP contribution in [-0.2, 0) is 0 Å². The Balaban J connectivity index is 1.90. The Morgan fingerprint density at radius 2 is 1.76 bits per heavy atom. The van der Waals surface area contributed by atoms with Gasteiger partial charge in [-0.25, -0.2) is 4.39 Å². The van der Waals surface area contributed by atoms with Crippen LogP contribution < -0.4 is 5.32 Å². The van der Waals surface area contributed by atoms with E-state index in [9.17, 15) is 4.39 Å². The van der Waals surface area contributed by atoms with E-state index >= 15 is 0 Å². The summed E-state index contributed by atoms with van der Waals surface area (Å²) in [7, 11) is 2.10. The van der Waals surface area contributed by atoms with E-state index in [1.54, 1.807) is 12.1 Å². The van der Waals surface area contributed by atoms with Crippen molar-refractivity contribution < 1.29 is 4.39 Å². The standard InChI is InChI=1S/C12H16FN3S/c1-15-6-8-16(9-7-15)12(17)14-11-4-2-10(13)3-5-11/h2-5H,6-9H2,1H3,(H,14,17). The van der Waals surface area contributed by atoms with Crippen molar-refractivity contribution in [3.05, 3.63) is 30.1 Å². The molecule has 3 nitrogen and oxygen atoms in total. The van der Waals surface area contributed by atoms with Crippen molar-refractivity contribution >= 4 is 23.0 Å². The molecule has 92 valence electrons. The monoisotopic (exact) mass is 253 g/mol. The summed E-state index contributed by atoms with van der Waals surface area (Å²) >= 11 is 5.33. The maximum absolute atomic E-state index is 12.7. The first-order valence-electron chi connectivity index (χ1n) is 5.65. The van der Waals surface area contributed by atoms with Gasteiger partial charge < -0.3 is 15.1 Å². The number of piperazine rings is 1. The molecule has 1 aromatic rings. The van der Waals surface area contributed by atoms with E-state index in [0.29, 0.717) is 5.11 Å². The van der Waals surface area contributed by atoms with Gasteiger partial charge in [0.1, 0.15) is 5.82 Å². The predicted molar refractivity (Wildman–Crippen MR) is 71.7 cm³/mol. The molecule has 1 aromatic carbocycles. The number of nitrogens with one attached hydrogen (secondary N) is 1. The number of nitrogens with zero attached hydrogens (tertiary/aromatic N) is 2. The second-order valence-electron chi connectivity index (χ2n) is 4.23. The number of benzene rings is 1. The van der Waals surface area contributed by atoms with E-state index in [4.69, 9.17) is 12.2 Å². The highest BCUT2D eigenvalue weighted by atomic mass is 32.1. The van der Waals surface area contributed by atoms with Crippen LogP contribution in [0.15, 0.2) is 24.3 Å². The van der Waals surface area contributed by atoms with Crippen molar-refractivity contribution in [3.63, 3.8) is 0 Å². The second-order valence-corrected chi connectivity index (χ2v) is 4.61. The van der Waals surface area contributed by atoms with Crippen molar-refractivity contribution in [1.82, 2.24) is 9.80 Å². The second kappa shape index (κ2) is 5.42. The van der Waals surface area contributed by atoms with Gasteiger partial charge in [0.15, 0.2) is 5.11 Å². The summed E-state index contributed by atoms with van der Waals surface area (Å²) < 4.78 is 12.7. The van der Waals surface area contributed by atoms with Gasteiger partial charge in [-0.15, -0.1) is 0 Å². The third-order valence-corrected chi connectivity index (χ3v) is 3.25. The van der Waals surface area contributed by atoms with Crippen molar-refractivity contribution in [1.29, 1.82) is 0 Å². The molecule has 1 saturated heterocycles. The summed E-state index contributed by atoms with van der Waals surface area (Å²) in [6.45, 7) is 3.91. The molecule has 0 aliphatic carbocycles. The fourth-order valence-electron chi connectivity index (χ4n) is 1.75. The Labute approximate surface area is 106 Å². The summed E-state index contributed by atoms with van der Waals surface area (Å²) in [6.07, 6.45) is 0. The molecule has 0 amide bonds. The van der Waals surface area contributed by atoms with E-state index in [1.165, 1.54) is 12.1 Å². The van der Waals surface area contributed by atoms with Gasteiger partial charge in [-0.1, -0.05) is 0 Å². The molecule has 0 atom stereocenters. The molecule has 2 rings (SSSR count). The molecular weight excluding hydrogens is 237 g/mol. The Morgan fingerprint density at radius 1 is 1.18 bits per heavy atom. The molecule has 0 spiro atoms. The third kappa shape index (κ3) is 3.38. The smallest absolute Gasteiger partial charge is 0.173 e. The number of thiocarbonyl (C=S) groups is 1. The lowest BCUT2D eigenvalue weighted by Gasteiger charge is -2.34. The summed E-state index contributed by atoms with van der Waals surface area (Å²) in [5.41, 5.74) is 0.829. The van der Waals surface area contributed by atoms with Crippen LogP contribution in [0.4, 0.5) is 10.1 Å². The van der Waals surface area contributed by atoms with Crippen LogP contribution in [0.3, 0.4) is 0 Å². The molecule has 0 radical (unpaired) electrons. The largest absolute Gasteiger partial charge is 0.346 e. The normalized spacial score (nSPS) is 16.9. The van der Waals surface area contributed by atoms with E-state index in [2.05, 4.69) is 22.2 Å². The van der Waals surface area contributed by atoms with Crippen LogP contribution in [0.2, 0.25) is 0 Å². The molecule has 0 unspecified atom stereocenters. The lowest BCUT2D eigenvalue weighted by Crippen LogP contribution is -2.48. The van der Waals surface area contributed by atoms with E-state index in [-0.39, 0.29) is 5.82 Å². The van der Waals surface area contributed by atoms with Crippen LogP contribution >= 0.6 is 12.2 Å². The minimum absolute atomic E-state index is 0.235. The number of halogens is 1. The molecule has 1 N–H and O–H groups in total. The molecular formula is C12H16FN3S. The van der Waals surface area contributed by atoms with Gasteiger partial charge in [0.05, 0.1) is 0 Å². The number of hydrogen-bond acceptors (Lipinski definition) is 2. The minimum atomic E-state index is -0.235. The zero-order chi connectivity index (χ0) is 12.3. The van der Waals surface area contributed by atoms with E-state index < -0.39 is 0 Å². The molecule has 1 aliphatic rings. The van der Waals surface area contributed by atoms with Crippen molar-refractivity contribution in [3.8, 4) is 0 Å². The van der Waals surface area contributed by atoms with Gasteiger partial charge in [0, 0.05) is 31.9 Å². The van der Waals surface area contributed by atoms with Crippen molar-refractivity contribution in [2.24, 2.45) is 0 Å². The Bertz CT molecular complexity index is 385. The molecule has 0 aromatic heterocycles. The van der Waals surface area contributed by atoms with Gasteiger partial charge >= 0.3 is 0 Å². The van der Waals surface area contributed by atoms with Crippen molar-refractivity contribution in [2.45, 2.75) is 0 Å². The number of hydrogen-bond donors (Lipinski definition) is 1. The zero-order valence-corrected chi connectivity index (χ0v) is 10.6. The highest BCUT2D eigenvalue weighted by molar-refractivity contribution is 7.80. The zero-order valence-electron chi connectivity index (χ0n) is 9.82. The maximum Gasteiger partial charge on any atom is 0.173 e. The average Bonchev–Trinajstić information content (AvgIpc) is 2.33. The fraction of sp³-hybridized carbons (Fsp3) is 0.417. The predicted octanol–water partition coefficient (Wildman–Crippen LogP) is 1.77. The number of likely N-dealkylation sites (N-methyl/N-ethyl adjacent to an activating group) is 1. The van der Waals surface area contributed by atoms with Gasteiger partial charge in [0.2, 0.25) is 0 Å². The first-order valence-corrected chi connectivity index (χ1v) is 6.06. The van der Waals surface area contributed by atoms with Crippen LogP contribution in [0.5, 0.6) is 0 Å². The highest BCUT2D eigenvalue weighted by Crippen LogP contribution is 2.10. The molecule has 1 aliphatic heterocycles. The third-order valence-electron chi connectivity index (χ3n) is 2.89. The lowest BCUT2D eigenvalue weighted by molar-refractivity contribution is 0.217. The first-order chi connectivity index (χ1) is 8.15. The fourth-order valence-corrected chi connectivity index (χ4v) is 2.05. The van der Waals surface area contributed by atoms with E-state index in [1.807, 2.05) is 0 Å². The highest BCUT2D eigenvalue weighted by Gasteiger charge is 2.16. The van der Waals surface area contributed by atoms with Crippen molar-refractivity contribution in [2.75, 3.05) is 38.5 Å². The van der Waals surface area contributed by atoms with Gasteiger partial charge in [0.25, 0.3) is 0 Å². The van der Waals surface area contributed by atoms with E-state index in [0.717, 1.165) is 31.9 Å². The van der Waals surface area contributed by atoms with Gasteiger partial charge in [-0.2, -0.15) is 0 Å². The summed E-state index contributed by atoms with van der Waals surface area (Å²) in [4.78, 5) is 4.41. The van der Waals surface area contributed by atoms with Crippen LogP contribution in [0, 0.1) is 5.82 Å². The quantitative estimate of drug-likeness (QED) is 0.769. The Hall–Kier alpha value is -1.20.